The summed E-state index contributed by atoms with van der Waals surface area (Å²) in [6, 6.07) is 4.94. The van der Waals surface area contributed by atoms with E-state index < -0.39 is 53.2 Å². The van der Waals surface area contributed by atoms with Gasteiger partial charge in [-0.2, -0.15) is 0 Å². The number of hydrogen-bond acceptors (Lipinski definition) is 11. The number of aliphatic carboxylic acids is 1. The number of nitrogens with one attached hydrogen (secondary N) is 3. The van der Waals surface area contributed by atoms with Crippen molar-refractivity contribution in [3.8, 4) is 22.9 Å². The van der Waals surface area contributed by atoms with Gasteiger partial charge in [-0.15, -0.1) is 11.3 Å². The van der Waals surface area contributed by atoms with Crippen LogP contribution in [0.4, 0.5) is 9.93 Å². The third-order valence-corrected chi connectivity index (χ3v) is 10.4. The Morgan fingerprint density at radius 1 is 1.09 bits per heavy atom. The van der Waals surface area contributed by atoms with Crippen molar-refractivity contribution in [3.05, 3.63) is 41.8 Å². The number of hydrogen-bond donors (Lipinski definition) is 4. The first kappa shape index (κ1) is 38.5. The van der Waals surface area contributed by atoms with E-state index in [2.05, 4.69) is 20.9 Å². The molecular weight excluding hydrogens is 717 g/mol. The minimum Gasteiger partial charge on any atom is -0.497 e. The number of benzene rings is 1. The Bertz CT molecular complexity index is 1980. The van der Waals surface area contributed by atoms with Crippen molar-refractivity contribution in [2.75, 3.05) is 19.0 Å². The zero-order valence-electron chi connectivity index (χ0n) is 31.0. The second-order valence-corrected chi connectivity index (χ2v) is 15.8. The molecule has 2 aliphatic heterocycles. The SMILES string of the molecule is COc1ccc2c(O[C@@H]3C[C@H]4C(=O)N[C@]5(C(=O)O)C[C@H]5/C=C\CCCCCC(NC(=O)OC(C)(C)C)C(=O)N4C3)cc(-c3csc(NC(C)=O)n3)nc2c1. The number of methoxy groups -OCH3 is 1. The number of carboxylic acid groups (broad SMARTS) is 1. The number of pyridine rings is 1. The van der Waals surface area contributed by atoms with Crippen LogP contribution >= 0.6 is 11.3 Å². The largest absolute Gasteiger partial charge is 0.497 e. The van der Waals surface area contributed by atoms with Crippen molar-refractivity contribution in [1.82, 2.24) is 25.5 Å². The lowest BCUT2D eigenvalue weighted by Gasteiger charge is -2.30. The maximum atomic E-state index is 14.4. The van der Waals surface area contributed by atoms with Gasteiger partial charge in [0.15, 0.2) is 5.13 Å². The summed E-state index contributed by atoms with van der Waals surface area (Å²) >= 11 is 1.24. The number of carbonyl (C=O) groups is 5. The van der Waals surface area contributed by atoms with Crippen molar-refractivity contribution in [3.63, 3.8) is 0 Å². The predicted octanol–water partition coefficient (Wildman–Crippen LogP) is 5.05. The van der Waals surface area contributed by atoms with E-state index in [1.54, 1.807) is 57.5 Å². The summed E-state index contributed by atoms with van der Waals surface area (Å²) in [5.41, 5.74) is -0.793. The third-order valence-electron chi connectivity index (χ3n) is 9.63. The van der Waals surface area contributed by atoms with Crippen LogP contribution in [-0.2, 0) is 23.9 Å². The number of rotatable bonds is 7. The second-order valence-electron chi connectivity index (χ2n) is 14.9. The lowest BCUT2D eigenvalue weighted by molar-refractivity contribution is -0.145. The standard InChI is InChI=1S/C38H46N6O9S/c1-21(45)39-35-41-29(20-54-35)28-17-31(25-14-13-23(51-5)15-27(25)40-28)52-24-16-30-32(46)43-38(34(48)49)18-22(38)11-9-7-6-8-10-12-26(33(47)44(30)19-24)42-36(50)53-37(2,3)4/h9,11,13-15,17,20,22,24,26,30H,6-8,10,12,16,18-19H2,1-5H3,(H,42,50)(H,43,46)(H,48,49)(H,39,41,45)/b11-9-/t22-,24-,26?,30+,38-/m1/s1. The van der Waals surface area contributed by atoms with E-state index in [9.17, 15) is 29.1 Å². The monoisotopic (exact) mass is 762 g/mol. The van der Waals surface area contributed by atoms with E-state index in [4.69, 9.17) is 19.2 Å². The number of carbonyl (C=O) groups excluding carboxylic acids is 4. The number of alkyl carbamates (subject to hydrolysis) is 1. The fourth-order valence-corrected chi connectivity index (χ4v) is 7.66. The number of carboxylic acids is 1. The third kappa shape index (κ3) is 8.75. The number of aromatic nitrogens is 2. The zero-order valence-corrected chi connectivity index (χ0v) is 31.8. The maximum absolute atomic E-state index is 14.4. The second kappa shape index (κ2) is 15.6. The Labute approximate surface area is 316 Å². The molecule has 3 aromatic rings. The van der Waals surface area contributed by atoms with E-state index in [1.165, 1.54) is 23.2 Å². The van der Waals surface area contributed by atoms with E-state index in [0.717, 1.165) is 19.3 Å². The van der Waals surface area contributed by atoms with Gasteiger partial charge in [0, 0.05) is 42.2 Å². The van der Waals surface area contributed by atoms with Crippen LogP contribution in [0.15, 0.2) is 41.8 Å². The first-order valence-electron chi connectivity index (χ1n) is 18.1. The normalized spacial score (nSPS) is 25.2. The van der Waals surface area contributed by atoms with Gasteiger partial charge in [-0.25, -0.2) is 19.6 Å². The molecule has 3 aliphatic rings. The van der Waals surface area contributed by atoms with E-state index in [1.807, 2.05) is 12.2 Å². The lowest BCUT2D eigenvalue weighted by atomic mass is 10.0. The topological polar surface area (TPSA) is 198 Å². The summed E-state index contributed by atoms with van der Waals surface area (Å²) in [6.07, 6.45) is 5.88. The Hall–Kier alpha value is -5.25. The Kier molecular flexibility index (Phi) is 11.1. The molecule has 4 heterocycles. The Balaban J connectivity index is 1.34. The summed E-state index contributed by atoms with van der Waals surface area (Å²) in [4.78, 5) is 76.4. The van der Waals surface area contributed by atoms with Gasteiger partial charge in [-0.05, 0) is 58.6 Å². The van der Waals surface area contributed by atoms with Gasteiger partial charge in [-0.1, -0.05) is 25.0 Å². The molecule has 2 aromatic heterocycles. The lowest BCUT2D eigenvalue weighted by Crippen LogP contribution is -2.56. The Morgan fingerprint density at radius 3 is 2.61 bits per heavy atom. The number of allylic oxidation sites excluding steroid dienone is 1. The van der Waals surface area contributed by atoms with Gasteiger partial charge in [0.25, 0.3) is 0 Å². The van der Waals surface area contributed by atoms with Crippen LogP contribution < -0.4 is 25.4 Å². The fraction of sp³-hybridized carbons (Fsp3) is 0.500. The van der Waals surface area contributed by atoms with Gasteiger partial charge in [0.1, 0.15) is 46.5 Å². The molecule has 288 valence electrons. The molecule has 1 aliphatic carbocycles. The van der Waals surface area contributed by atoms with Gasteiger partial charge >= 0.3 is 12.1 Å². The average molecular weight is 763 g/mol. The highest BCUT2D eigenvalue weighted by Gasteiger charge is 2.61. The van der Waals surface area contributed by atoms with E-state index in [-0.39, 0.29) is 31.2 Å². The highest BCUT2D eigenvalue weighted by molar-refractivity contribution is 7.14. The van der Waals surface area contributed by atoms with Crippen molar-refractivity contribution in [1.29, 1.82) is 0 Å². The molecule has 2 fully saturated rings. The minimum absolute atomic E-state index is 0.0223. The number of fused-ring (bicyclic) bond motifs is 3. The van der Waals surface area contributed by atoms with Gasteiger partial charge in [0.2, 0.25) is 17.7 Å². The summed E-state index contributed by atoms with van der Waals surface area (Å²) in [5, 5.41) is 21.2. The molecule has 1 aromatic carbocycles. The molecule has 1 saturated carbocycles. The molecule has 0 bridgehead atoms. The molecule has 1 saturated heterocycles. The fourth-order valence-electron chi connectivity index (χ4n) is 6.91. The number of anilines is 1. The van der Waals surface area contributed by atoms with Crippen molar-refractivity contribution in [2.24, 2.45) is 5.92 Å². The molecule has 4 N–H and O–H groups in total. The number of thiazole rings is 1. The predicted molar refractivity (Wildman–Crippen MR) is 200 cm³/mol. The highest BCUT2D eigenvalue weighted by atomic mass is 32.1. The number of nitrogens with zero attached hydrogens (tertiary/aromatic N) is 3. The first-order chi connectivity index (χ1) is 25.7. The summed E-state index contributed by atoms with van der Waals surface area (Å²) in [5.74, 6) is -1.91. The molecule has 5 atom stereocenters. The number of amides is 4. The molecule has 15 nitrogen and oxygen atoms in total. The molecule has 6 rings (SSSR count). The average Bonchev–Trinajstić information content (AvgIpc) is 3.38. The van der Waals surface area contributed by atoms with Crippen LogP contribution in [0.1, 0.15) is 72.6 Å². The van der Waals surface area contributed by atoms with Crippen molar-refractivity contribution >= 4 is 57.2 Å². The summed E-state index contributed by atoms with van der Waals surface area (Å²) in [7, 11) is 1.55. The maximum Gasteiger partial charge on any atom is 0.408 e. The molecular formula is C38H46N6O9S. The van der Waals surface area contributed by atoms with Gasteiger partial charge in [0.05, 0.1) is 24.9 Å². The van der Waals surface area contributed by atoms with Crippen LogP contribution in [0.25, 0.3) is 22.3 Å². The minimum atomic E-state index is -1.48. The van der Waals surface area contributed by atoms with Crippen molar-refractivity contribution in [2.45, 2.75) is 102 Å². The van der Waals surface area contributed by atoms with Crippen LogP contribution in [0, 0.1) is 5.92 Å². The van der Waals surface area contributed by atoms with Gasteiger partial charge in [-0.3, -0.25) is 14.4 Å². The van der Waals surface area contributed by atoms with Crippen LogP contribution in [0.5, 0.6) is 11.5 Å². The van der Waals surface area contributed by atoms with Crippen LogP contribution in [-0.4, -0.2) is 92.7 Å². The molecule has 0 spiro atoms. The van der Waals surface area contributed by atoms with Gasteiger partial charge < -0.3 is 40.2 Å². The highest BCUT2D eigenvalue weighted by Crippen LogP contribution is 2.45. The summed E-state index contributed by atoms with van der Waals surface area (Å²) < 4.78 is 17.6. The molecule has 16 heteroatoms. The van der Waals surface area contributed by atoms with E-state index >= 15 is 0 Å². The summed E-state index contributed by atoms with van der Waals surface area (Å²) in [6.45, 7) is 6.55. The number of ether oxygens (including phenoxy) is 3. The zero-order chi connectivity index (χ0) is 38.8. The van der Waals surface area contributed by atoms with Crippen LogP contribution in [0.3, 0.4) is 0 Å². The quantitative estimate of drug-likeness (QED) is 0.235. The molecule has 0 radical (unpaired) electrons. The van der Waals surface area contributed by atoms with Crippen molar-refractivity contribution < 1.29 is 43.3 Å². The smallest absolute Gasteiger partial charge is 0.408 e. The Morgan fingerprint density at radius 2 is 1.89 bits per heavy atom. The van der Waals surface area contributed by atoms with Crippen LogP contribution in [0.2, 0.25) is 0 Å². The molecule has 1 unspecified atom stereocenters. The van der Waals surface area contributed by atoms with E-state index in [0.29, 0.717) is 51.8 Å². The molecule has 54 heavy (non-hydrogen) atoms. The molecule has 4 amide bonds. The first-order valence-corrected chi connectivity index (χ1v) is 18.9.